The lowest BCUT2D eigenvalue weighted by Crippen LogP contribution is -2.19. The Kier molecular flexibility index (Phi) is 40.8. The summed E-state index contributed by atoms with van der Waals surface area (Å²) in [4.78, 5) is 62.4. The molecule has 0 aliphatic heterocycles. The molecule has 0 unspecified atom stereocenters. The molecule has 0 heterocycles. The van der Waals surface area contributed by atoms with E-state index in [9.17, 15) is 28.8 Å². The number of carbonyl (C=O) groups is 6. The van der Waals surface area contributed by atoms with Crippen molar-refractivity contribution in [2.45, 2.75) is 21.8 Å². The first-order chi connectivity index (χ1) is 18.5. The minimum absolute atomic E-state index is 0. The highest BCUT2D eigenvalue weighted by Gasteiger charge is 2.13. The number of carboxylic acid groups (broad SMARTS) is 1. The second-order valence-corrected chi connectivity index (χ2v) is 5.54. The van der Waals surface area contributed by atoms with Crippen molar-refractivity contribution in [1.29, 1.82) is 0 Å². The van der Waals surface area contributed by atoms with Crippen LogP contribution >= 0.6 is 0 Å². The van der Waals surface area contributed by atoms with Crippen LogP contribution in [-0.4, -0.2) is 142 Å². The van der Waals surface area contributed by atoms with Gasteiger partial charge in [-0.2, -0.15) is 0 Å². The molecule has 244 valence electrons. The van der Waals surface area contributed by atoms with Gasteiger partial charge in [0.15, 0.2) is 0 Å². The first-order valence-corrected chi connectivity index (χ1v) is 10.6. The number of aliphatic hydroxyl groups is 4. The first kappa shape index (κ1) is 46.7. The highest BCUT2D eigenvalue weighted by atomic mass is 16.8. The molecule has 20 nitrogen and oxygen atoms in total. The Bertz CT molecular complexity index is 682. The van der Waals surface area contributed by atoms with Crippen LogP contribution in [0.25, 0.3) is 0 Å². The molecule has 20 heteroatoms. The SMILES string of the molecule is C.C.CC(=O)OCCOC(=O)OCCO.O=C(O)OCCO.O=C(OCCO)OCCOC(=O)OC(=O)OCCO. The van der Waals surface area contributed by atoms with Crippen molar-refractivity contribution in [3.63, 3.8) is 0 Å². The average molecular weight is 613 g/mol. The van der Waals surface area contributed by atoms with Gasteiger partial charge in [0.1, 0.15) is 52.9 Å². The van der Waals surface area contributed by atoms with Gasteiger partial charge in [-0.25, -0.2) is 24.0 Å². The molecule has 0 aliphatic carbocycles. The van der Waals surface area contributed by atoms with Crippen molar-refractivity contribution >= 4 is 36.7 Å². The lowest BCUT2D eigenvalue weighted by atomic mass is 10.7. The molecular weight excluding hydrogens is 572 g/mol. The fraction of sp³-hybridized carbons (Fsp3) is 0.714. The molecule has 0 radical (unpaired) electrons. The van der Waals surface area contributed by atoms with E-state index in [1.165, 1.54) is 6.92 Å². The van der Waals surface area contributed by atoms with Gasteiger partial charge >= 0.3 is 36.7 Å². The molecule has 0 spiro atoms. The summed E-state index contributed by atoms with van der Waals surface area (Å²) in [6, 6.07) is 0. The molecule has 0 amide bonds. The van der Waals surface area contributed by atoms with Gasteiger partial charge in [0.25, 0.3) is 0 Å². The van der Waals surface area contributed by atoms with Crippen LogP contribution in [0.15, 0.2) is 0 Å². The number of esters is 1. The van der Waals surface area contributed by atoms with Crippen LogP contribution in [0, 0.1) is 0 Å². The molecule has 0 atom stereocenters. The monoisotopic (exact) mass is 612 g/mol. The van der Waals surface area contributed by atoms with E-state index in [0.29, 0.717) is 0 Å². The van der Waals surface area contributed by atoms with Crippen molar-refractivity contribution in [2.75, 3.05) is 79.3 Å². The zero-order chi connectivity index (χ0) is 30.3. The van der Waals surface area contributed by atoms with E-state index in [0.717, 1.165) is 0 Å². The summed E-state index contributed by atoms with van der Waals surface area (Å²) in [7, 11) is 0. The molecule has 0 rings (SSSR count). The van der Waals surface area contributed by atoms with E-state index >= 15 is 0 Å². The first-order valence-electron chi connectivity index (χ1n) is 10.6. The number of aliphatic hydroxyl groups excluding tert-OH is 4. The minimum Gasteiger partial charge on any atom is -0.462 e. The van der Waals surface area contributed by atoms with Crippen molar-refractivity contribution in [3.05, 3.63) is 0 Å². The van der Waals surface area contributed by atoms with Crippen molar-refractivity contribution in [2.24, 2.45) is 0 Å². The molecule has 5 N–H and O–H groups in total. The zero-order valence-electron chi connectivity index (χ0n) is 20.8. The fourth-order valence-corrected chi connectivity index (χ4v) is 1.29. The summed E-state index contributed by atoms with van der Waals surface area (Å²) >= 11 is 0. The Morgan fingerprint density at radius 3 is 1.00 bits per heavy atom. The van der Waals surface area contributed by atoms with Crippen LogP contribution in [0.4, 0.5) is 24.0 Å². The highest BCUT2D eigenvalue weighted by molar-refractivity contribution is 5.76. The topological polar surface area (TPSA) is 287 Å². The quantitative estimate of drug-likeness (QED) is 0.0749. The summed E-state index contributed by atoms with van der Waals surface area (Å²) in [6.07, 6.45) is -5.93. The maximum atomic E-state index is 10.8. The number of carbonyl (C=O) groups excluding carboxylic acids is 5. The van der Waals surface area contributed by atoms with Gasteiger partial charge in [-0.05, 0) is 0 Å². The van der Waals surface area contributed by atoms with E-state index in [1.54, 1.807) is 0 Å². The third-order valence-electron chi connectivity index (χ3n) is 2.55. The van der Waals surface area contributed by atoms with Gasteiger partial charge in [-0.1, -0.05) is 14.9 Å². The van der Waals surface area contributed by atoms with Gasteiger partial charge in [0.2, 0.25) is 0 Å². The Labute approximate surface area is 235 Å². The van der Waals surface area contributed by atoms with Crippen LogP contribution < -0.4 is 0 Å². The predicted molar refractivity (Wildman–Crippen MR) is 131 cm³/mol. The minimum atomic E-state index is -1.35. The van der Waals surface area contributed by atoms with Crippen molar-refractivity contribution in [1.82, 2.24) is 0 Å². The van der Waals surface area contributed by atoms with Crippen LogP contribution in [-0.2, 0) is 47.4 Å². The summed E-state index contributed by atoms with van der Waals surface area (Å²) < 4.78 is 38.4. The second-order valence-electron chi connectivity index (χ2n) is 5.54. The number of hydrogen-bond donors (Lipinski definition) is 5. The Hall–Kier alpha value is -4.14. The van der Waals surface area contributed by atoms with Crippen LogP contribution in [0.5, 0.6) is 0 Å². The highest BCUT2D eigenvalue weighted by Crippen LogP contribution is 1.92. The molecule has 0 aromatic heterocycles. The van der Waals surface area contributed by atoms with E-state index in [1.807, 2.05) is 0 Å². The fourth-order valence-electron chi connectivity index (χ4n) is 1.29. The van der Waals surface area contributed by atoms with Gasteiger partial charge in [-0.3, -0.25) is 4.79 Å². The normalized spacial score (nSPS) is 8.61. The molecule has 41 heavy (non-hydrogen) atoms. The molecule has 0 aromatic carbocycles. The molecule has 0 aliphatic rings. The van der Waals surface area contributed by atoms with Crippen molar-refractivity contribution in [3.8, 4) is 0 Å². The van der Waals surface area contributed by atoms with Crippen molar-refractivity contribution < 1.29 is 96.9 Å². The average Bonchev–Trinajstić information content (AvgIpc) is 2.89. The molecule has 0 saturated heterocycles. The molecule has 0 aromatic rings. The molecule has 0 saturated carbocycles. The Morgan fingerprint density at radius 2 is 0.707 bits per heavy atom. The lowest BCUT2D eigenvalue weighted by Gasteiger charge is -2.06. The van der Waals surface area contributed by atoms with Gasteiger partial charge < -0.3 is 68.2 Å². The number of rotatable bonds is 14. The van der Waals surface area contributed by atoms with E-state index in [4.69, 9.17) is 25.5 Å². The van der Waals surface area contributed by atoms with Crippen LogP contribution in [0.3, 0.4) is 0 Å². The standard InChI is InChI=1S/C9H14O10.C7H12O6.C3H6O4.2CH4/c10-1-3-15-7(12)17-5-6-18-9(14)19-8(13)16-4-2-11;1-6(9)11-4-5-13-7(10)12-3-2-8;4-1-2-7-3(5)6;;/h10-11H,1-6H2;8H,2-5H2,1H3;4H,1-2H2,(H,5,6);2*1H4. The maximum absolute atomic E-state index is 10.8. The summed E-state index contributed by atoms with van der Waals surface area (Å²) in [6.45, 7) is -1.50. The van der Waals surface area contributed by atoms with Gasteiger partial charge in [0, 0.05) is 6.92 Å². The third-order valence-corrected chi connectivity index (χ3v) is 2.55. The molecule has 0 fully saturated rings. The van der Waals surface area contributed by atoms with Crippen LogP contribution in [0.1, 0.15) is 21.8 Å². The third kappa shape index (κ3) is 46.1. The van der Waals surface area contributed by atoms with Gasteiger partial charge in [-0.15, -0.1) is 0 Å². The maximum Gasteiger partial charge on any atom is 0.518 e. The number of ether oxygens (including phenoxy) is 9. The zero-order valence-corrected chi connectivity index (χ0v) is 20.8. The van der Waals surface area contributed by atoms with Crippen LogP contribution in [0.2, 0.25) is 0 Å². The predicted octanol–water partition coefficient (Wildman–Crippen LogP) is 0.0545. The van der Waals surface area contributed by atoms with E-state index < -0.39 is 43.4 Å². The summed E-state index contributed by atoms with van der Waals surface area (Å²) in [5.74, 6) is -0.438. The Balaban J connectivity index is -0.000000171. The smallest absolute Gasteiger partial charge is 0.462 e. The summed E-state index contributed by atoms with van der Waals surface area (Å²) in [5.41, 5.74) is 0. The Morgan fingerprint density at radius 1 is 0.439 bits per heavy atom. The molecular formula is C21H40O20. The van der Waals surface area contributed by atoms with E-state index in [2.05, 4.69) is 42.6 Å². The lowest BCUT2D eigenvalue weighted by molar-refractivity contribution is -0.142. The second kappa shape index (κ2) is 35.9. The largest absolute Gasteiger partial charge is 0.518 e. The summed E-state index contributed by atoms with van der Waals surface area (Å²) in [5, 5.41) is 40.5. The number of hydrogen-bond acceptors (Lipinski definition) is 19. The van der Waals surface area contributed by atoms with Gasteiger partial charge in [0.05, 0.1) is 26.4 Å². The molecule has 0 bridgehead atoms. The van der Waals surface area contributed by atoms with E-state index in [-0.39, 0.29) is 87.5 Å².